The molecular formula is C14H27NO3. The molecule has 0 aromatic heterocycles. The summed E-state index contributed by atoms with van der Waals surface area (Å²) in [7, 11) is 0. The van der Waals surface area contributed by atoms with Gasteiger partial charge in [-0.1, -0.05) is 13.8 Å². The van der Waals surface area contributed by atoms with E-state index in [9.17, 15) is 5.11 Å². The zero-order chi connectivity index (χ0) is 13.1. The minimum absolute atomic E-state index is 0.0405. The zero-order valence-corrected chi connectivity index (χ0v) is 11.7. The highest BCUT2D eigenvalue weighted by molar-refractivity contribution is 4.92. The Morgan fingerprint density at radius 1 is 1.28 bits per heavy atom. The average molecular weight is 257 g/mol. The number of hydrogen-bond acceptors (Lipinski definition) is 4. The maximum atomic E-state index is 9.28. The Hall–Kier alpha value is -0.160. The fourth-order valence-corrected chi connectivity index (χ4v) is 2.77. The van der Waals surface area contributed by atoms with Crippen LogP contribution in [0.2, 0.25) is 0 Å². The van der Waals surface area contributed by atoms with E-state index in [2.05, 4.69) is 19.2 Å². The fraction of sp³-hybridized carbons (Fsp3) is 1.00. The van der Waals surface area contributed by atoms with Gasteiger partial charge in [-0.25, -0.2) is 0 Å². The van der Waals surface area contributed by atoms with Gasteiger partial charge < -0.3 is 19.9 Å². The Bertz CT molecular complexity index is 256. The van der Waals surface area contributed by atoms with Gasteiger partial charge in [-0.2, -0.15) is 0 Å². The van der Waals surface area contributed by atoms with Crippen LogP contribution in [0.1, 0.15) is 39.5 Å². The van der Waals surface area contributed by atoms with Crippen molar-refractivity contribution < 1.29 is 14.6 Å². The van der Waals surface area contributed by atoms with Crippen molar-refractivity contribution in [2.45, 2.75) is 51.2 Å². The number of nitrogens with one attached hydrogen (secondary N) is 1. The molecule has 0 saturated carbocycles. The molecule has 1 atom stereocenters. The predicted molar refractivity (Wildman–Crippen MR) is 70.6 cm³/mol. The molecule has 2 saturated heterocycles. The normalized spacial score (nSPS) is 28.5. The quantitative estimate of drug-likeness (QED) is 0.797. The van der Waals surface area contributed by atoms with Crippen molar-refractivity contribution in [1.82, 2.24) is 5.32 Å². The second-order valence-electron chi connectivity index (χ2n) is 6.54. The first-order chi connectivity index (χ1) is 8.55. The SMILES string of the molecule is CC(C)(CO)CNC1CCOC2(CCOCC2)C1. The summed E-state index contributed by atoms with van der Waals surface area (Å²) >= 11 is 0. The van der Waals surface area contributed by atoms with E-state index in [1.54, 1.807) is 0 Å². The summed E-state index contributed by atoms with van der Waals surface area (Å²) in [6, 6.07) is 0.516. The smallest absolute Gasteiger partial charge is 0.0741 e. The van der Waals surface area contributed by atoms with Crippen LogP contribution in [0.4, 0.5) is 0 Å². The van der Waals surface area contributed by atoms with E-state index in [0.717, 1.165) is 52.0 Å². The third-order valence-electron chi connectivity index (χ3n) is 4.19. The molecule has 2 aliphatic rings. The molecule has 1 unspecified atom stereocenters. The summed E-state index contributed by atoms with van der Waals surface area (Å²) < 4.78 is 11.5. The highest BCUT2D eigenvalue weighted by Gasteiger charge is 2.39. The Morgan fingerprint density at radius 3 is 2.67 bits per heavy atom. The van der Waals surface area contributed by atoms with Crippen LogP contribution in [0.15, 0.2) is 0 Å². The minimum atomic E-state index is -0.0405. The van der Waals surface area contributed by atoms with Gasteiger partial charge in [0, 0.05) is 44.4 Å². The van der Waals surface area contributed by atoms with Gasteiger partial charge in [-0.15, -0.1) is 0 Å². The van der Waals surface area contributed by atoms with Crippen molar-refractivity contribution in [2.24, 2.45) is 5.41 Å². The van der Waals surface area contributed by atoms with Gasteiger partial charge in [0.15, 0.2) is 0 Å². The van der Waals surface area contributed by atoms with Crippen molar-refractivity contribution in [3.8, 4) is 0 Å². The molecule has 2 aliphatic heterocycles. The van der Waals surface area contributed by atoms with Gasteiger partial charge in [0.05, 0.1) is 5.60 Å². The fourth-order valence-electron chi connectivity index (χ4n) is 2.77. The third kappa shape index (κ3) is 3.67. The number of rotatable bonds is 4. The average Bonchev–Trinajstić information content (AvgIpc) is 2.38. The lowest BCUT2D eigenvalue weighted by Crippen LogP contribution is -2.51. The van der Waals surface area contributed by atoms with E-state index < -0.39 is 0 Å². The van der Waals surface area contributed by atoms with Gasteiger partial charge in [0.1, 0.15) is 0 Å². The van der Waals surface area contributed by atoms with Crippen LogP contribution < -0.4 is 5.32 Å². The minimum Gasteiger partial charge on any atom is -0.396 e. The Morgan fingerprint density at radius 2 is 2.00 bits per heavy atom. The molecule has 0 bridgehead atoms. The highest BCUT2D eigenvalue weighted by atomic mass is 16.5. The molecule has 0 aliphatic carbocycles. The third-order valence-corrected chi connectivity index (χ3v) is 4.19. The molecule has 106 valence electrons. The first-order valence-corrected chi connectivity index (χ1v) is 7.11. The molecule has 2 N–H and O–H groups in total. The Balaban J connectivity index is 1.83. The summed E-state index contributed by atoms with van der Waals surface area (Å²) in [6.45, 7) is 7.76. The molecular weight excluding hydrogens is 230 g/mol. The van der Waals surface area contributed by atoms with Gasteiger partial charge in [0.2, 0.25) is 0 Å². The molecule has 2 rings (SSSR count). The monoisotopic (exact) mass is 257 g/mol. The van der Waals surface area contributed by atoms with Crippen LogP contribution in [0.3, 0.4) is 0 Å². The molecule has 0 radical (unpaired) electrons. The van der Waals surface area contributed by atoms with Crippen LogP contribution in [-0.4, -0.2) is 49.7 Å². The van der Waals surface area contributed by atoms with Crippen LogP contribution in [0.5, 0.6) is 0 Å². The van der Waals surface area contributed by atoms with E-state index in [0.29, 0.717) is 6.04 Å². The van der Waals surface area contributed by atoms with E-state index in [1.165, 1.54) is 0 Å². The lowest BCUT2D eigenvalue weighted by atomic mass is 9.83. The summed E-state index contributed by atoms with van der Waals surface area (Å²) in [6.07, 6.45) is 4.20. The van der Waals surface area contributed by atoms with Crippen LogP contribution >= 0.6 is 0 Å². The second kappa shape index (κ2) is 5.87. The lowest BCUT2D eigenvalue weighted by molar-refractivity contribution is -0.140. The van der Waals surface area contributed by atoms with Crippen molar-refractivity contribution >= 4 is 0 Å². The molecule has 18 heavy (non-hydrogen) atoms. The largest absolute Gasteiger partial charge is 0.396 e. The molecule has 2 fully saturated rings. The first kappa shape index (κ1) is 14.3. The summed E-state index contributed by atoms with van der Waals surface area (Å²) in [4.78, 5) is 0. The topological polar surface area (TPSA) is 50.7 Å². The summed E-state index contributed by atoms with van der Waals surface area (Å²) in [5, 5.41) is 12.9. The van der Waals surface area contributed by atoms with Crippen LogP contribution in [-0.2, 0) is 9.47 Å². The first-order valence-electron chi connectivity index (χ1n) is 7.11. The van der Waals surface area contributed by atoms with Crippen molar-refractivity contribution in [1.29, 1.82) is 0 Å². The molecule has 0 aromatic carbocycles. The van der Waals surface area contributed by atoms with E-state index in [4.69, 9.17) is 9.47 Å². The van der Waals surface area contributed by atoms with Crippen LogP contribution in [0.25, 0.3) is 0 Å². The lowest BCUT2D eigenvalue weighted by Gasteiger charge is -2.44. The maximum Gasteiger partial charge on any atom is 0.0741 e. The molecule has 0 aromatic rings. The number of aliphatic hydroxyl groups excluding tert-OH is 1. The summed E-state index contributed by atoms with van der Waals surface area (Å²) in [5.74, 6) is 0. The van der Waals surface area contributed by atoms with E-state index in [-0.39, 0.29) is 17.6 Å². The Kier molecular flexibility index (Phi) is 4.64. The molecule has 4 nitrogen and oxygen atoms in total. The van der Waals surface area contributed by atoms with Gasteiger partial charge in [-0.05, 0) is 25.7 Å². The highest BCUT2D eigenvalue weighted by Crippen LogP contribution is 2.34. The van der Waals surface area contributed by atoms with Crippen molar-refractivity contribution in [3.05, 3.63) is 0 Å². The number of aliphatic hydroxyl groups is 1. The Labute approximate surface area is 110 Å². The van der Waals surface area contributed by atoms with Crippen LogP contribution in [0, 0.1) is 5.41 Å². The van der Waals surface area contributed by atoms with Gasteiger partial charge in [-0.3, -0.25) is 0 Å². The summed E-state index contributed by atoms with van der Waals surface area (Å²) in [5.41, 5.74) is 0.0126. The number of ether oxygens (including phenoxy) is 2. The molecule has 1 spiro atoms. The van der Waals surface area contributed by atoms with Gasteiger partial charge >= 0.3 is 0 Å². The molecule has 2 heterocycles. The standard InChI is InChI=1S/C14H27NO3/c1-13(2,11-16)10-15-12-3-6-18-14(9-12)4-7-17-8-5-14/h12,15-16H,3-11H2,1-2H3. The van der Waals surface area contributed by atoms with Gasteiger partial charge in [0.25, 0.3) is 0 Å². The van der Waals surface area contributed by atoms with Crippen molar-refractivity contribution in [3.63, 3.8) is 0 Å². The number of hydrogen-bond donors (Lipinski definition) is 2. The van der Waals surface area contributed by atoms with Crippen molar-refractivity contribution in [2.75, 3.05) is 33.0 Å². The predicted octanol–water partition coefficient (Wildman–Crippen LogP) is 1.32. The maximum absolute atomic E-state index is 9.28. The zero-order valence-electron chi connectivity index (χ0n) is 11.7. The second-order valence-corrected chi connectivity index (χ2v) is 6.54. The van der Waals surface area contributed by atoms with E-state index >= 15 is 0 Å². The van der Waals surface area contributed by atoms with E-state index in [1.807, 2.05) is 0 Å². The molecule has 0 amide bonds. The molecule has 4 heteroatoms.